The Bertz CT molecular complexity index is 578. The van der Waals surface area contributed by atoms with Crippen molar-refractivity contribution in [2.75, 3.05) is 11.5 Å². The Hall–Kier alpha value is -0.940. The van der Waals surface area contributed by atoms with Crippen LogP contribution in [0.1, 0.15) is 12.0 Å². The first kappa shape index (κ1) is 11.9. The van der Waals surface area contributed by atoms with Crippen molar-refractivity contribution in [1.29, 1.82) is 0 Å². The summed E-state index contributed by atoms with van der Waals surface area (Å²) < 4.78 is 5.44. The highest BCUT2D eigenvalue weighted by Crippen LogP contribution is 2.63. The molecule has 0 N–H and O–H groups in total. The van der Waals surface area contributed by atoms with Crippen LogP contribution in [0.5, 0.6) is 5.75 Å². The van der Waals surface area contributed by atoms with E-state index in [0.29, 0.717) is 0 Å². The van der Waals surface area contributed by atoms with Crippen LogP contribution in [0.25, 0.3) is 0 Å². The van der Waals surface area contributed by atoms with Crippen LogP contribution in [0, 0.1) is 5.92 Å². The third-order valence-electron chi connectivity index (χ3n) is 3.93. The molecular weight excluding hydrogens is 280 g/mol. The molecule has 1 aromatic rings. The predicted molar refractivity (Wildman–Crippen MR) is 75.6 cm³/mol. The van der Waals surface area contributed by atoms with Crippen LogP contribution in [0.15, 0.2) is 24.3 Å². The van der Waals surface area contributed by atoms with Gasteiger partial charge in [0.1, 0.15) is 9.83 Å². The smallest absolute Gasteiger partial charge is 0.240 e. The first-order valence-electron chi connectivity index (χ1n) is 6.36. The van der Waals surface area contributed by atoms with Gasteiger partial charge in [0.05, 0.1) is 5.92 Å². The van der Waals surface area contributed by atoms with Crippen molar-refractivity contribution in [2.45, 2.75) is 16.6 Å². The summed E-state index contributed by atoms with van der Waals surface area (Å²) in [6, 6.07) is 7.83. The van der Waals surface area contributed by atoms with E-state index in [0.717, 1.165) is 29.2 Å². The largest absolute Gasteiger partial charge is 0.481 e. The summed E-state index contributed by atoms with van der Waals surface area (Å²) in [5, 5.41) is 0. The summed E-state index contributed by atoms with van der Waals surface area (Å²) in [5.41, 5.74) is 1.08. The molecule has 98 valence electrons. The van der Waals surface area contributed by atoms with Crippen molar-refractivity contribution < 1.29 is 14.3 Å². The van der Waals surface area contributed by atoms with Crippen molar-refractivity contribution in [3.63, 3.8) is 0 Å². The minimum Gasteiger partial charge on any atom is -0.481 e. The van der Waals surface area contributed by atoms with Crippen molar-refractivity contribution in [2.24, 2.45) is 5.92 Å². The molecule has 2 fully saturated rings. The molecule has 19 heavy (non-hydrogen) atoms. The molecule has 0 bridgehead atoms. The maximum atomic E-state index is 12.0. The molecule has 5 heteroatoms. The number of ketones is 2. The monoisotopic (exact) mass is 292 g/mol. The number of rotatable bonds is 0. The summed E-state index contributed by atoms with van der Waals surface area (Å²) in [5.74, 6) is 1.93. The second kappa shape index (κ2) is 4.03. The molecule has 2 aliphatic heterocycles. The van der Waals surface area contributed by atoms with Gasteiger partial charge in [-0.25, -0.2) is 0 Å². The fourth-order valence-corrected chi connectivity index (χ4v) is 6.69. The molecule has 1 aromatic carbocycles. The lowest BCUT2D eigenvalue weighted by Gasteiger charge is -2.51. The number of ether oxygens (including phenoxy) is 1. The molecule has 0 unspecified atom stereocenters. The Balaban J connectivity index is 1.89. The fourth-order valence-electron chi connectivity index (χ4n) is 3.02. The molecule has 1 aliphatic carbocycles. The Kier molecular flexibility index (Phi) is 2.51. The number of hydrogen-bond acceptors (Lipinski definition) is 5. The van der Waals surface area contributed by atoms with E-state index in [9.17, 15) is 9.59 Å². The second-order valence-corrected chi connectivity index (χ2v) is 7.90. The highest BCUT2D eigenvalue weighted by Gasteiger charge is 2.65. The molecule has 2 heterocycles. The zero-order chi connectivity index (χ0) is 13.0. The van der Waals surface area contributed by atoms with Crippen LogP contribution >= 0.6 is 23.5 Å². The number of carbonyl (C=O) groups is 2. The van der Waals surface area contributed by atoms with Gasteiger partial charge in [-0.15, -0.1) is 23.5 Å². The lowest BCUT2D eigenvalue weighted by molar-refractivity contribution is -0.158. The first-order valence-corrected chi connectivity index (χ1v) is 8.33. The SMILES string of the molecule is O=C1C(=O)[C@@H]2[C@@H]1Oc1ccccc1C21SCCCS1. The fraction of sp³-hybridized carbons (Fsp3) is 0.429. The minimum absolute atomic E-state index is 0.249. The molecule has 1 spiro atoms. The van der Waals surface area contributed by atoms with E-state index in [1.807, 2.05) is 47.8 Å². The van der Waals surface area contributed by atoms with Crippen LogP contribution in [0.3, 0.4) is 0 Å². The van der Waals surface area contributed by atoms with E-state index in [2.05, 4.69) is 0 Å². The third-order valence-corrected chi connectivity index (χ3v) is 7.43. The van der Waals surface area contributed by atoms with Gasteiger partial charge in [-0.05, 0) is 24.0 Å². The van der Waals surface area contributed by atoms with Crippen molar-refractivity contribution in [1.82, 2.24) is 0 Å². The lowest BCUT2D eigenvalue weighted by atomic mass is 9.72. The Morgan fingerprint density at radius 3 is 2.63 bits per heavy atom. The number of Topliss-reactive ketones (excluding diaryl/α,β-unsaturated/α-hetero) is 2. The molecular formula is C14H12O3S2. The summed E-state index contributed by atoms with van der Waals surface area (Å²) in [7, 11) is 0. The van der Waals surface area contributed by atoms with Crippen LogP contribution in [-0.4, -0.2) is 29.2 Å². The maximum absolute atomic E-state index is 12.0. The van der Waals surface area contributed by atoms with Crippen molar-refractivity contribution >= 4 is 35.1 Å². The first-order chi connectivity index (χ1) is 9.24. The van der Waals surface area contributed by atoms with E-state index >= 15 is 0 Å². The standard InChI is InChI=1S/C14H12O3S2/c15-11-10-13(12(11)16)17-9-5-2-1-4-8(9)14(10)18-6-3-7-19-14/h1-2,4-5,10,13H,3,6-7H2/t10-,13+/m1/s1. The summed E-state index contributed by atoms with van der Waals surface area (Å²) in [6.07, 6.45) is 0.597. The quantitative estimate of drug-likeness (QED) is 0.686. The highest BCUT2D eigenvalue weighted by atomic mass is 32.2. The van der Waals surface area contributed by atoms with Crippen LogP contribution in [0.2, 0.25) is 0 Å². The van der Waals surface area contributed by atoms with Gasteiger partial charge in [-0.2, -0.15) is 0 Å². The van der Waals surface area contributed by atoms with Gasteiger partial charge in [0.25, 0.3) is 0 Å². The Morgan fingerprint density at radius 2 is 1.84 bits per heavy atom. The maximum Gasteiger partial charge on any atom is 0.240 e. The molecule has 0 amide bonds. The third kappa shape index (κ3) is 1.43. The molecule has 1 saturated heterocycles. The lowest BCUT2D eigenvalue weighted by Crippen LogP contribution is -2.64. The number of para-hydroxylation sites is 1. The van der Waals surface area contributed by atoms with E-state index < -0.39 is 6.10 Å². The summed E-state index contributed by atoms with van der Waals surface area (Å²) in [6.45, 7) is 0. The van der Waals surface area contributed by atoms with Crippen molar-refractivity contribution in [3.05, 3.63) is 29.8 Å². The van der Waals surface area contributed by atoms with Crippen molar-refractivity contribution in [3.8, 4) is 5.75 Å². The molecule has 4 rings (SSSR count). The summed E-state index contributed by atoms with van der Waals surface area (Å²) >= 11 is 3.62. The predicted octanol–water partition coefficient (Wildman–Crippen LogP) is 2.24. The number of thioether (sulfide) groups is 2. The number of fused-ring (bicyclic) bond motifs is 4. The number of hydrogen-bond donors (Lipinski definition) is 0. The van der Waals surface area contributed by atoms with E-state index in [-0.39, 0.29) is 21.6 Å². The van der Waals surface area contributed by atoms with Crippen LogP contribution < -0.4 is 4.74 Å². The zero-order valence-corrected chi connectivity index (χ0v) is 11.8. The zero-order valence-electron chi connectivity index (χ0n) is 10.1. The van der Waals surface area contributed by atoms with Gasteiger partial charge in [-0.3, -0.25) is 9.59 Å². The molecule has 3 aliphatic rings. The minimum atomic E-state index is -0.555. The van der Waals surface area contributed by atoms with E-state index in [1.54, 1.807) is 0 Å². The number of benzene rings is 1. The highest BCUT2D eigenvalue weighted by molar-refractivity contribution is 8.18. The summed E-state index contributed by atoms with van der Waals surface area (Å²) in [4.78, 5) is 23.8. The van der Waals surface area contributed by atoms with Crippen LogP contribution in [-0.2, 0) is 13.7 Å². The van der Waals surface area contributed by atoms with Gasteiger partial charge < -0.3 is 4.74 Å². The van der Waals surface area contributed by atoms with Gasteiger partial charge in [-0.1, -0.05) is 18.2 Å². The van der Waals surface area contributed by atoms with Crippen LogP contribution in [0.4, 0.5) is 0 Å². The molecule has 1 saturated carbocycles. The van der Waals surface area contributed by atoms with E-state index in [4.69, 9.17) is 4.74 Å². The van der Waals surface area contributed by atoms with Gasteiger partial charge in [0.2, 0.25) is 11.6 Å². The van der Waals surface area contributed by atoms with Gasteiger partial charge in [0, 0.05) is 5.56 Å². The molecule has 2 atom stereocenters. The van der Waals surface area contributed by atoms with E-state index in [1.165, 1.54) is 0 Å². The average Bonchev–Trinajstić information content (AvgIpc) is 2.47. The second-order valence-electron chi connectivity index (χ2n) is 4.96. The molecule has 0 radical (unpaired) electrons. The van der Waals surface area contributed by atoms with Gasteiger partial charge >= 0.3 is 0 Å². The normalized spacial score (nSPS) is 31.2. The number of carbonyl (C=O) groups excluding carboxylic acids is 2. The Morgan fingerprint density at radius 1 is 1.11 bits per heavy atom. The average molecular weight is 292 g/mol. The van der Waals surface area contributed by atoms with Gasteiger partial charge in [0.15, 0.2) is 6.10 Å². The molecule has 3 nitrogen and oxygen atoms in total. The Labute approximate surface area is 119 Å². The molecule has 0 aromatic heterocycles. The topological polar surface area (TPSA) is 43.4 Å².